The van der Waals surface area contributed by atoms with Gasteiger partial charge in [-0.05, 0) is 50.6 Å². The minimum Gasteiger partial charge on any atom is -0.267 e. The third-order valence-electron chi connectivity index (χ3n) is 3.33. The van der Waals surface area contributed by atoms with Gasteiger partial charge >= 0.3 is 0 Å². The third kappa shape index (κ3) is 3.30. The van der Waals surface area contributed by atoms with E-state index in [2.05, 4.69) is 15.9 Å². The maximum atomic E-state index is 12.9. The van der Waals surface area contributed by atoms with Crippen LogP contribution >= 0.6 is 15.9 Å². The first-order valence-corrected chi connectivity index (χ1v) is 8.95. The van der Waals surface area contributed by atoms with Crippen LogP contribution in [0.4, 0.5) is 5.69 Å². The van der Waals surface area contributed by atoms with E-state index in [-0.39, 0.29) is 0 Å². The van der Waals surface area contributed by atoms with Gasteiger partial charge in [0.05, 0.1) is 10.6 Å². The standard InChI is InChI=1S/C16H18BrNO2S/c1-4-18(15-9-5-12(2)6-10-15)21(19,20)16-11-14(17)8-7-13(16)3/h5-11H,4H2,1-3H3. The highest BCUT2D eigenvalue weighted by atomic mass is 79.9. The molecule has 112 valence electrons. The molecule has 0 N–H and O–H groups in total. The van der Waals surface area contributed by atoms with Crippen molar-refractivity contribution in [2.75, 3.05) is 10.8 Å². The molecule has 2 rings (SSSR count). The van der Waals surface area contributed by atoms with Crippen LogP contribution in [0.3, 0.4) is 0 Å². The van der Waals surface area contributed by atoms with Crippen LogP contribution in [0.25, 0.3) is 0 Å². The first-order valence-electron chi connectivity index (χ1n) is 6.72. The summed E-state index contributed by atoms with van der Waals surface area (Å²) in [7, 11) is -3.57. The van der Waals surface area contributed by atoms with Gasteiger partial charge in [0, 0.05) is 11.0 Å². The van der Waals surface area contributed by atoms with Crippen LogP contribution in [-0.2, 0) is 10.0 Å². The SMILES string of the molecule is CCN(c1ccc(C)cc1)S(=O)(=O)c1cc(Br)ccc1C. The summed E-state index contributed by atoms with van der Waals surface area (Å²) in [5, 5.41) is 0. The number of aryl methyl sites for hydroxylation is 2. The molecule has 0 fully saturated rings. The van der Waals surface area contributed by atoms with Crippen molar-refractivity contribution in [3.8, 4) is 0 Å². The van der Waals surface area contributed by atoms with Crippen molar-refractivity contribution in [1.29, 1.82) is 0 Å². The van der Waals surface area contributed by atoms with E-state index in [1.54, 1.807) is 12.1 Å². The molecule has 2 aromatic carbocycles. The second-order valence-corrected chi connectivity index (χ2v) is 7.66. The molecule has 2 aromatic rings. The molecule has 0 aliphatic rings. The largest absolute Gasteiger partial charge is 0.267 e. The highest BCUT2D eigenvalue weighted by Crippen LogP contribution is 2.27. The zero-order valence-electron chi connectivity index (χ0n) is 12.3. The zero-order chi connectivity index (χ0) is 15.6. The Morgan fingerprint density at radius 3 is 2.24 bits per heavy atom. The van der Waals surface area contributed by atoms with E-state index in [1.165, 1.54) is 4.31 Å². The fourth-order valence-electron chi connectivity index (χ4n) is 2.17. The third-order valence-corrected chi connectivity index (χ3v) is 5.87. The Morgan fingerprint density at radius 2 is 1.67 bits per heavy atom. The molecule has 21 heavy (non-hydrogen) atoms. The smallest absolute Gasteiger partial charge is 0.264 e. The number of anilines is 1. The summed E-state index contributed by atoms with van der Waals surface area (Å²) in [6.45, 7) is 6.01. The van der Waals surface area contributed by atoms with Crippen molar-refractivity contribution in [1.82, 2.24) is 0 Å². The molecule has 0 radical (unpaired) electrons. The van der Waals surface area contributed by atoms with Gasteiger partial charge in [-0.25, -0.2) is 8.42 Å². The van der Waals surface area contributed by atoms with Gasteiger partial charge in [0.1, 0.15) is 0 Å². The summed E-state index contributed by atoms with van der Waals surface area (Å²) in [5.74, 6) is 0. The number of hydrogen-bond acceptors (Lipinski definition) is 2. The van der Waals surface area contributed by atoms with Gasteiger partial charge in [-0.1, -0.05) is 39.7 Å². The number of benzene rings is 2. The van der Waals surface area contributed by atoms with E-state index in [0.717, 1.165) is 15.6 Å². The summed E-state index contributed by atoms with van der Waals surface area (Å²) in [6, 6.07) is 12.8. The number of hydrogen-bond donors (Lipinski definition) is 0. The van der Waals surface area contributed by atoms with Crippen LogP contribution < -0.4 is 4.31 Å². The lowest BCUT2D eigenvalue weighted by atomic mass is 10.2. The van der Waals surface area contributed by atoms with Crippen LogP contribution in [0.1, 0.15) is 18.1 Å². The Kier molecular flexibility index (Phi) is 4.74. The summed E-state index contributed by atoms with van der Waals surface area (Å²) in [5.41, 5.74) is 2.53. The van der Waals surface area contributed by atoms with Crippen LogP contribution in [0.2, 0.25) is 0 Å². The average Bonchev–Trinajstić information content (AvgIpc) is 2.44. The van der Waals surface area contributed by atoms with Gasteiger partial charge in [0.25, 0.3) is 10.0 Å². The van der Waals surface area contributed by atoms with Gasteiger partial charge in [-0.15, -0.1) is 0 Å². The lowest BCUT2D eigenvalue weighted by Gasteiger charge is -2.24. The minimum atomic E-state index is -3.57. The van der Waals surface area contributed by atoms with Gasteiger partial charge < -0.3 is 0 Å². The van der Waals surface area contributed by atoms with Crippen molar-refractivity contribution >= 4 is 31.6 Å². The number of nitrogens with zero attached hydrogens (tertiary/aromatic N) is 1. The van der Waals surface area contributed by atoms with E-state index >= 15 is 0 Å². The molecule has 0 aliphatic heterocycles. The maximum Gasteiger partial charge on any atom is 0.264 e. The lowest BCUT2D eigenvalue weighted by Crippen LogP contribution is -2.31. The van der Waals surface area contributed by atoms with Crippen molar-refractivity contribution in [3.63, 3.8) is 0 Å². The van der Waals surface area contributed by atoms with Crippen molar-refractivity contribution in [2.45, 2.75) is 25.7 Å². The summed E-state index contributed by atoms with van der Waals surface area (Å²) in [6.07, 6.45) is 0. The molecule has 0 bridgehead atoms. The van der Waals surface area contributed by atoms with Crippen LogP contribution in [-0.4, -0.2) is 15.0 Å². The molecular formula is C16H18BrNO2S. The van der Waals surface area contributed by atoms with E-state index in [4.69, 9.17) is 0 Å². The maximum absolute atomic E-state index is 12.9. The monoisotopic (exact) mass is 367 g/mol. The molecule has 0 saturated carbocycles. The molecule has 5 heteroatoms. The van der Waals surface area contributed by atoms with E-state index in [9.17, 15) is 8.42 Å². The number of sulfonamides is 1. The molecule has 3 nitrogen and oxygen atoms in total. The van der Waals surface area contributed by atoms with Gasteiger partial charge in [0.15, 0.2) is 0 Å². The van der Waals surface area contributed by atoms with Gasteiger partial charge in [-0.2, -0.15) is 0 Å². The van der Waals surface area contributed by atoms with Crippen LogP contribution in [0.5, 0.6) is 0 Å². The molecule has 0 atom stereocenters. The lowest BCUT2D eigenvalue weighted by molar-refractivity contribution is 0.591. The van der Waals surface area contributed by atoms with Crippen molar-refractivity contribution < 1.29 is 8.42 Å². The highest BCUT2D eigenvalue weighted by Gasteiger charge is 2.25. The second kappa shape index (κ2) is 6.20. The summed E-state index contributed by atoms with van der Waals surface area (Å²) < 4.78 is 28.0. The van der Waals surface area contributed by atoms with Gasteiger partial charge in [-0.3, -0.25) is 4.31 Å². The molecule has 0 saturated heterocycles. The Bertz CT molecular complexity index is 739. The molecule has 0 heterocycles. The van der Waals surface area contributed by atoms with Crippen molar-refractivity contribution in [3.05, 3.63) is 58.1 Å². The normalized spacial score (nSPS) is 11.4. The molecular weight excluding hydrogens is 350 g/mol. The number of halogens is 1. The second-order valence-electron chi connectivity index (χ2n) is 4.92. The fraction of sp³-hybridized carbons (Fsp3) is 0.250. The Morgan fingerprint density at radius 1 is 1.05 bits per heavy atom. The molecule has 0 unspecified atom stereocenters. The molecule has 0 amide bonds. The average molecular weight is 368 g/mol. The highest BCUT2D eigenvalue weighted by molar-refractivity contribution is 9.10. The van der Waals surface area contributed by atoms with Gasteiger partial charge in [0.2, 0.25) is 0 Å². The Balaban J connectivity index is 2.54. The summed E-state index contributed by atoms with van der Waals surface area (Å²) >= 11 is 3.34. The van der Waals surface area contributed by atoms with Crippen LogP contribution in [0, 0.1) is 13.8 Å². The Labute approximate surface area is 134 Å². The molecule has 0 aliphatic carbocycles. The van der Waals surface area contributed by atoms with Crippen molar-refractivity contribution in [2.24, 2.45) is 0 Å². The fourth-order valence-corrected chi connectivity index (χ4v) is 4.41. The predicted molar refractivity (Wildman–Crippen MR) is 90.3 cm³/mol. The van der Waals surface area contributed by atoms with E-state index in [0.29, 0.717) is 17.1 Å². The van der Waals surface area contributed by atoms with E-state index < -0.39 is 10.0 Å². The zero-order valence-corrected chi connectivity index (χ0v) is 14.7. The topological polar surface area (TPSA) is 37.4 Å². The van der Waals surface area contributed by atoms with E-state index in [1.807, 2.05) is 51.1 Å². The quantitative estimate of drug-likeness (QED) is 0.808. The summed E-state index contributed by atoms with van der Waals surface area (Å²) in [4.78, 5) is 0.333. The Hall–Kier alpha value is -1.33. The minimum absolute atomic E-state index is 0.333. The number of rotatable bonds is 4. The molecule has 0 aromatic heterocycles. The first-order chi connectivity index (χ1) is 9.86. The molecule has 0 spiro atoms. The first kappa shape index (κ1) is 16.0. The van der Waals surface area contributed by atoms with Crippen LogP contribution in [0.15, 0.2) is 51.8 Å². The predicted octanol–water partition coefficient (Wildman–Crippen LogP) is 4.28.